The third-order valence-electron chi connectivity index (χ3n) is 2.10. The summed E-state index contributed by atoms with van der Waals surface area (Å²) in [6.45, 7) is 1.26. The molecule has 0 bridgehead atoms. The van der Waals surface area contributed by atoms with Crippen LogP contribution in [-0.2, 0) is 0 Å². The lowest BCUT2D eigenvalue weighted by atomic mass is 10.1. The summed E-state index contributed by atoms with van der Waals surface area (Å²) in [7, 11) is 4.22. The largest absolute Gasteiger partial charge is 0.305 e. The molecule has 0 aromatic carbocycles. The first-order valence-corrected chi connectivity index (χ1v) is 3.72. The highest BCUT2D eigenvalue weighted by atomic mass is 15.2. The maximum absolute atomic E-state index is 3.28. The summed E-state index contributed by atoms with van der Waals surface area (Å²) in [6, 6.07) is 0. The lowest BCUT2D eigenvalue weighted by Crippen LogP contribution is -2.44. The summed E-state index contributed by atoms with van der Waals surface area (Å²) in [5.74, 6) is 0. The van der Waals surface area contributed by atoms with Gasteiger partial charge in [-0.25, -0.2) is 0 Å². The van der Waals surface area contributed by atoms with E-state index in [1.54, 1.807) is 0 Å². The SMILES string of the molecule is CNC1CCCCN1C. The molecule has 1 unspecified atom stereocenters. The second-order valence-corrected chi connectivity index (χ2v) is 2.78. The van der Waals surface area contributed by atoms with Crippen LogP contribution in [-0.4, -0.2) is 31.7 Å². The summed E-state index contributed by atoms with van der Waals surface area (Å²) >= 11 is 0. The number of piperidine rings is 1. The minimum absolute atomic E-state index is 0.638. The van der Waals surface area contributed by atoms with Crippen LogP contribution in [0.3, 0.4) is 0 Å². The zero-order valence-electron chi connectivity index (χ0n) is 6.35. The quantitative estimate of drug-likeness (QED) is 0.557. The molecule has 1 atom stereocenters. The van der Waals surface area contributed by atoms with E-state index in [1.165, 1.54) is 25.8 Å². The van der Waals surface area contributed by atoms with E-state index >= 15 is 0 Å². The Balaban J connectivity index is 2.30. The van der Waals surface area contributed by atoms with Gasteiger partial charge in [-0.05, 0) is 39.9 Å². The van der Waals surface area contributed by atoms with E-state index in [2.05, 4.69) is 17.3 Å². The molecular formula is C7H16N2. The zero-order valence-corrected chi connectivity index (χ0v) is 6.35. The van der Waals surface area contributed by atoms with E-state index in [1.807, 2.05) is 7.05 Å². The second kappa shape index (κ2) is 3.18. The van der Waals surface area contributed by atoms with E-state index in [4.69, 9.17) is 0 Å². The summed E-state index contributed by atoms with van der Waals surface area (Å²) in [6.07, 6.45) is 4.70. The van der Waals surface area contributed by atoms with Crippen LogP contribution in [0.25, 0.3) is 0 Å². The number of likely N-dealkylation sites (tertiary alicyclic amines) is 1. The molecule has 54 valence electrons. The number of hydrogen-bond donors (Lipinski definition) is 1. The summed E-state index contributed by atoms with van der Waals surface area (Å²) < 4.78 is 0. The van der Waals surface area contributed by atoms with E-state index in [0.717, 1.165) is 0 Å². The Bertz CT molecular complexity index is 83.0. The smallest absolute Gasteiger partial charge is 0.0592 e. The van der Waals surface area contributed by atoms with Crippen molar-refractivity contribution in [2.24, 2.45) is 0 Å². The van der Waals surface area contributed by atoms with Crippen LogP contribution in [0.5, 0.6) is 0 Å². The van der Waals surface area contributed by atoms with Crippen LogP contribution >= 0.6 is 0 Å². The average Bonchev–Trinajstić information content (AvgIpc) is 1.89. The minimum Gasteiger partial charge on any atom is -0.305 e. The van der Waals surface area contributed by atoms with Crippen LogP contribution in [0.2, 0.25) is 0 Å². The molecule has 0 aliphatic carbocycles. The molecule has 1 N–H and O–H groups in total. The molecular weight excluding hydrogens is 112 g/mol. The predicted octanol–water partition coefficient (Wildman–Crippen LogP) is 0.648. The van der Waals surface area contributed by atoms with Gasteiger partial charge in [0.15, 0.2) is 0 Å². The standard InChI is InChI=1S/C7H16N2/c1-8-7-5-3-4-6-9(7)2/h7-8H,3-6H2,1-2H3. The van der Waals surface area contributed by atoms with Gasteiger partial charge >= 0.3 is 0 Å². The fourth-order valence-corrected chi connectivity index (χ4v) is 1.44. The van der Waals surface area contributed by atoms with Gasteiger partial charge in [-0.3, -0.25) is 4.90 Å². The second-order valence-electron chi connectivity index (χ2n) is 2.78. The van der Waals surface area contributed by atoms with Crippen LogP contribution in [0.15, 0.2) is 0 Å². The Kier molecular flexibility index (Phi) is 2.49. The first-order chi connectivity index (χ1) is 4.34. The highest BCUT2D eigenvalue weighted by molar-refractivity contribution is 4.69. The zero-order chi connectivity index (χ0) is 6.69. The van der Waals surface area contributed by atoms with Gasteiger partial charge in [0.25, 0.3) is 0 Å². The molecule has 1 fully saturated rings. The first kappa shape index (κ1) is 7.03. The van der Waals surface area contributed by atoms with Gasteiger partial charge in [0.1, 0.15) is 0 Å². The van der Waals surface area contributed by atoms with Gasteiger partial charge in [-0.1, -0.05) is 0 Å². The van der Waals surface area contributed by atoms with Gasteiger partial charge < -0.3 is 5.32 Å². The Morgan fingerprint density at radius 3 is 2.67 bits per heavy atom. The van der Waals surface area contributed by atoms with E-state index in [0.29, 0.717) is 6.17 Å². The highest BCUT2D eigenvalue weighted by Gasteiger charge is 2.15. The Hall–Kier alpha value is -0.0800. The van der Waals surface area contributed by atoms with E-state index in [9.17, 15) is 0 Å². The van der Waals surface area contributed by atoms with Crippen molar-refractivity contribution in [1.82, 2.24) is 10.2 Å². The maximum atomic E-state index is 3.28. The predicted molar refractivity (Wildman–Crippen MR) is 39.3 cm³/mol. The lowest BCUT2D eigenvalue weighted by molar-refractivity contribution is 0.162. The molecule has 0 saturated carbocycles. The summed E-state index contributed by atoms with van der Waals surface area (Å²) in [5, 5.41) is 3.28. The number of nitrogens with zero attached hydrogens (tertiary/aromatic N) is 1. The van der Waals surface area contributed by atoms with Crippen LogP contribution in [0.4, 0.5) is 0 Å². The van der Waals surface area contributed by atoms with Crippen molar-refractivity contribution in [3.05, 3.63) is 0 Å². The van der Waals surface area contributed by atoms with E-state index < -0.39 is 0 Å². The van der Waals surface area contributed by atoms with Gasteiger partial charge in [-0.2, -0.15) is 0 Å². The molecule has 2 nitrogen and oxygen atoms in total. The van der Waals surface area contributed by atoms with Crippen molar-refractivity contribution < 1.29 is 0 Å². The molecule has 1 rings (SSSR count). The Labute approximate surface area is 57.2 Å². The van der Waals surface area contributed by atoms with E-state index in [-0.39, 0.29) is 0 Å². The molecule has 9 heavy (non-hydrogen) atoms. The molecule has 0 spiro atoms. The number of hydrogen-bond acceptors (Lipinski definition) is 2. The van der Waals surface area contributed by atoms with Gasteiger partial charge in [0, 0.05) is 0 Å². The van der Waals surface area contributed by atoms with Crippen molar-refractivity contribution in [2.45, 2.75) is 25.4 Å². The Morgan fingerprint density at radius 2 is 2.22 bits per heavy atom. The van der Waals surface area contributed by atoms with Crippen LogP contribution in [0.1, 0.15) is 19.3 Å². The van der Waals surface area contributed by atoms with Gasteiger partial charge in [0.2, 0.25) is 0 Å². The number of nitrogens with one attached hydrogen (secondary N) is 1. The fraction of sp³-hybridized carbons (Fsp3) is 1.00. The first-order valence-electron chi connectivity index (χ1n) is 3.72. The average molecular weight is 128 g/mol. The van der Waals surface area contributed by atoms with Crippen molar-refractivity contribution in [2.75, 3.05) is 20.6 Å². The third-order valence-corrected chi connectivity index (χ3v) is 2.10. The van der Waals surface area contributed by atoms with Crippen molar-refractivity contribution >= 4 is 0 Å². The van der Waals surface area contributed by atoms with Crippen LogP contribution < -0.4 is 5.32 Å². The lowest BCUT2D eigenvalue weighted by Gasteiger charge is -2.31. The monoisotopic (exact) mass is 128 g/mol. The topological polar surface area (TPSA) is 15.3 Å². The molecule has 0 aromatic rings. The minimum atomic E-state index is 0.638. The molecule has 1 saturated heterocycles. The molecule has 0 aromatic heterocycles. The fourth-order valence-electron chi connectivity index (χ4n) is 1.44. The normalized spacial score (nSPS) is 30.7. The highest BCUT2D eigenvalue weighted by Crippen LogP contribution is 2.11. The van der Waals surface area contributed by atoms with Crippen molar-refractivity contribution in [3.63, 3.8) is 0 Å². The molecule has 0 radical (unpaired) electrons. The molecule has 2 heteroatoms. The molecule has 1 aliphatic heterocycles. The van der Waals surface area contributed by atoms with Crippen molar-refractivity contribution in [3.8, 4) is 0 Å². The van der Waals surface area contributed by atoms with Gasteiger partial charge in [0.05, 0.1) is 6.17 Å². The molecule has 1 aliphatic rings. The number of rotatable bonds is 1. The van der Waals surface area contributed by atoms with Gasteiger partial charge in [-0.15, -0.1) is 0 Å². The summed E-state index contributed by atoms with van der Waals surface area (Å²) in [5.41, 5.74) is 0. The summed E-state index contributed by atoms with van der Waals surface area (Å²) in [4.78, 5) is 2.38. The molecule has 1 heterocycles. The molecule has 0 amide bonds. The Morgan fingerprint density at radius 1 is 1.44 bits per heavy atom. The maximum Gasteiger partial charge on any atom is 0.0592 e. The van der Waals surface area contributed by atoms with Crippen LogP contribution in [0, 0.1) is 0 Å². The third kappa shape index (κ3) is 1.66. The van der Waals surface area contributed by atoms with Crippen molar-refractivity contribution in [1.29, 1.82) is 0 Å².